The highest BCUT2D eigenvalue weighted by atomic mass is 16.5. The Labute approximate surface area is 99.8 Å². The van der Waals surface area contributed by atoms with Gasteiger partial charge in [0.1, 0.15) is 0 Å². The van der Waals surface area contributed by atoms with Crippen LogP contribution in [0.15, 0.2) is 0 Å². The van der Waals surface area contributed by atoms with Gasteiger partial charge >= 0.3 is 0 Å². The van der Waals surface area contributed by atoms with E-state index < -0.39 is 0 Å². The molecule has 96 valence electrons. The second-order valence-electron chi connectivity index (χ2n) is 4.74. The van der Waals surface area contributed by atoms with Crippen LogP contribution in [0.3, 0.4) is 0 Å². The first-order chi connectivity index (χ1) is 7.86. The van der Waals surface area contributed by atoms with Crippen LogP contribution in [0.2, 0.25) is 0 Å². The highest BCUT2D eigenvalue weighted by Crippen LogP contribution is 2.16. The van der Waals surface area contributed by atoms with Crippen LogP contribution in [-0.2, 0) is 4.74 Å². The van der Waals surface area contributed by atoms with Gasteiger partial charge < -0.3 is 9.84 Å². The third-order valence-electron chi connectivity index (χ3n) is 3.56. The summed E-state index contributed by atoms with van der Waals surface area (Å²) in [6, 6.07) is 0. The van der Waals surface area contributed by atoms with E-state index in [0.29, 0.717) is 6.61 Å². The molecule has 3 heteroatoms. The first-order valence-electron chi connectivity index (χ1n) is 6.77. The van der Waals surface area contributed by atoms with E-state index in [0.717, 1.165) is 38.6 Å². The van der Waals surface area contributed by atoms with Crippen LogP contribution in [0.1, 0.15) is 39.0 Å². The number of nitrogens with zero attached hydrogens (tertiary/aromatic N) is 1. The fourth-order valence-electron chi connectivity index (χ4n) is 2.33. The monoisotopic (exact) mass is 229 g/mol. The van der Waals surface area contributed by atoms with E-state index in [1.54, 1.807) is 0 Å². The number of aliphatic hydroxyl groups excluding tert-OH is 1. The summed E-state index contributed by atoms with van der Waals surface area (Å²) in [6.07, 6.45) is 6.06. The van der Waals surface area contributed by atoms with Gasteiger partial charge in [-0.2, -0.15) is 0 Å². The second kappa shape index (κ2) is 8.97. The average Bonchev–Trinajstić information content (AvgIpc) is 2.34. The molecule has 1 saturated heterocycles. The lowest BCUT2D eigenvalue weighted by molar-refractivity contribution is 0.0369. The molecule has 0 saturated carbocycles. The summed E-state index contributed by atoms with van der Waals surface area (Å²) in [5.74, 6) is 0.731. The number of hydrogen-bond donors (Lipinski definition) is 1. The van der Waals surface area contributed by atoms with Gasteiger partial charge in [-0.05, 0) is 25.3 Å². The Kier molecular flexibility index (Phi) is 7.81. The lowest BCUT2D eigenvalue weighted by Crippen LogP contribution is -2.36. The molecule has 0 aliphatic carbocycles. The summed E-state index contributed by atoms with van der Waals surface area (Å²) in [6.45, 7) is 7.81. The van der Waals surface area contributed by atoms with Crippen LogP contribution < -0.4 is 0 Å². The summed E-state index contributed by atoms with van der Waals surface area (Å²) in [4.78, 5) is 2.50. The van der Waals surface area contributed by atoms with Gasteiger partial charge in [-0.25, -0.2) is 0 Å². The molecule has 0 aromatic rings. The largest absolute Gasteiger partial charge is 0.396 e. The molecule has 3 nitrogen and oxygen atoms in total. The zero-order valence-electron chi connectivity index (χ0n) is 10.7. The zero-order valence-corrected chi connectivity index (χ0v) is 10.7. The van der Waals surface area contributed by atoms with Crippen molar-refractivity contribution in [1.82, 2.24) is 4.90 Å². The maximum Gasteiger partial charge on any atom is 0.0594 e. The Hall–Kier alpha value is -0.120. The molecule has 1 unspecified atom stereocenters. The van der Waals surface area contributed by atoms with Gasteiger partial charge in [0.2, 0.25) is 0 Å². The predicted molar refractivity (Wildman–Crippen MR) is 66.6 cm³/mol. The highest BCUT2D eigenvalue weighted by Gasteiger charge is 2.10. The molecule has 1 rings (SSSR count). The predicted octanol–water partition coefficient (Wildman–Crippen LogP) is 1.90. The maximum absolute atomic E-state index is 8.91. The van der Waals surface area contributed by atoms with Crippen molar-refractivity contribution in [2.45, 2.75) is 39.0 Å². The average molecular weight is 229 g/mol. The van der Waals surface area contributed by atoms with Crippen molar-refractivity contribution in [3.05, 3.63) is 0 Å². The van der Waals surface area contributed by atoms with Gasteiger partial charge in [-0.15, -0.1) is 0 Å². The van der Waals surface area contributed by atoms with Crippen molar-refractivity contribution >= 4 is 0 Å². The van der Waals surface area contributed by atoms with Crippen LogP contribution in [0, 0.1) is 5.92 Å². The summed E-state index contributed by atoms with van der Waals surface area (Å²) >= 11 is 0. The summed E-state index contributed by atoms with van der Waals surface area (Å²) in [7, 11) is 0. The zero-order chi connectivity index (χ0) is 11.6. The number of morpholine rings is 1. The van der Waals surface area contributed by atoms with Crippen LogP contribution in [-0.4, -0.2) is 49.5 Å². The third-order valence-corrected chi connectivity index (χ3v) is 3.56. The van der Waals surface area contributed by atoms with Crippen molar-refractivity contribution in [3.63, 3.8) is 0 Å². The Morgan fingerprint density at radius 3 is 2.56 bits per heavy atom. The highest BCUT2D eigenvalue weighted by molar-refractivity contribution is 4.63. The first kappa shape index (κ1) is 13.9. The fraction of sp³-hybridized carbons (Fsp3) is 1.00. The van der Waals surface area contributed by atoms with Crippen molar-refractivity contribution in [3.8, 4) is 0 Å². The van der Waals surface area contributed by atoms with E-state index in [1.807, 2.05) is 0 Å². The fourth-order valence-corrected chi connectivity index (χ4v) is 2.33. The normalized spacial score (nSPS) is 19.9. The van der Waals surface area contributed by atoms with Gasteiger partial charge in [0, 0.05) is 19.7 Å². The smallest absolute Gasteiger partial charge is 0.0594 e. The van der Waals surface area contributed by atoms with Gasteiger partial charge in [0.25, 0.3) is 0 Å². The van der Waals surface area contributed by atoms with E-state index in [1.165, 1.54) is 32.2 Å². The van der Waals surface area contributed by atoms with E-state index in [9.17, 15) is 0 Å². The minimum absolute atomic E-state index is 0.349. The number of hydrogen-bond acceptors (Lipinski definition) is 3. The number of aliphatic hydroxyl groups is 1. The molecule has 1 atom stereocenters. The molecule has 0 radical (unpaired) electrons. The topological polar surface area (TPSA) is 32.7 Å². The van der Waals surface area contributed by atoms with E-state index in [4.69, 9.17) is 9.84 Å². The maximum atomic E-state index is 8.91. The molecule has 0 amide bonds. The van der Waals surface area contributed by atoms with Gasteiger partial charge in [-0.3, -0.25) is 4.90 Å². The molecule has 1 aliphatic rings. The van der Waals surface area contributed by atoms with Crippen molar-refractivity contribution < 1.29 is 9.84 Å². The number of rotatable bonds is 8. The molecule has 1 N–H and O–H groups in total. The SMILES string of the molecule is CCC(CCO)CCCCN1CCOCC1. The van der Waals surface area contributed by atoms with E-state index in [-0.39, 0.29) is 0 Å². The summed E-state index contributed by atoms with van der Waals surface area (Å²) in [5, 5.41) is 8.91. The molecule has 0 spiro atoms. The summed E-state index contributed by atoms with van der Waals surface area (Å²) in [5.41, 5.74) is 0. The Morgan fingerprint density at radius 1 is 1.19 bits per heavy atom. The standard InChI is InChI=1S/C13H27NO2/c1-2-13(6-10-15)5-3-4-7-14-8-11-16-12-9-14/h13,15H,2-12H2,1H3. The van der Waals surface area contributed by atoms with E-state index >= 15 is 0 Å². The minimum atomic E-state index is 0.349. The summed E-state index contributed by atoms with van der Waals surface area (Å²) < 4.78 is 5.32. The van der Waals surface area contributed by atoms with Gasteiger partial charge in [0.05, 0.1) is 13.2 Å². The molecular formula is C13H27NO2. The second-order valence-corrected chi connectivity index (χ2v) is 4.74. The minimum Gasteiger partial charge on any atom is -0.396 e. The molecule has 1 fully saturated rings. The Morgan fingerprint density at radius 2 is 1.94 bits per heavy atom. The quantitative estimate of drug-likeness (QED) is 0.645. The third kappa shape index (κ3) is 5.83. The molecule has 16 heavy (non-hydrogen) atoms. The van der Waals surface area contributed by atoms with Gasteiger partial charge in [-0.1, -0.05) is 26.2 Å². The number of ether oxygens (including phenoxy) is 1. The molecule has 1 aliphatic heterocycles. The molecule has 0 aromatic carbocycles. The molecule has 0 aromatic heterocycles. The van der Waals surface area contributed by atoms with Crippen molar-refractivity contribution in [2.24, 2.45) is 5.92 Å². The lowest BCUT2D eigenvalue weighted by atomic mass is 9.96. The lowest BCUT2D eigenvalue weighted by Gasteiger charge is -2.26. The van der Waals surface area contributed by atoms with Crippen LogP contribution in [0.4, 0.5) is 0 Å². The first-order valence-corrected chi connectivity index (χ1v) is 6.77. The number of unbranched alkanes of at least 4 members (excludes halogenated alkanes) is 1. The van der Waals surface area contributed by atoms with Gasteiger partial charge in [0.15, 0.2) is 0 Å². The van der Waals surface area contributed by atoms with Crippen LogP contribution >= 0.6 is 0 Å². The van der Waals surface area contributed by atoms with Crippen molar-refractivity contribution in [2.75, 3.05) is 39.5 Å². The van der Waals surface area contributed by atoms with Crippen molar-refractivity contribution in [1.29, 1.82) is 0 Å². The molecular weight excluding hydrogens is 202 g/mol. The van der Waals surface area contributed by atoms with E-state index in [2.05, 4.69) is 11.8 Å². The molecule has 1 heterocycles. The molecule has 0 bridgehead atoms. The Balaban J connectivity index is 1.97. The Bertz CT molecular complexity index is 151. The van der Waals surface area contributed by atoms with Crippen LogP contribution in [0.5, 0.6) is 0 Å². The van der Waals surface area contributed by atoms with Crippen LogP contribution in [0.25, 0.3) is 0 Å².